The van der Waals surface area contributed by atoms with E-state index in [4.69, 9.17) is 9.47 Å². The summed E-state index contributed by atoms with van der Waals surface area (Å²) in [6, 6.07) is 9.99. The van der Waals surface area contributed by atoms with Gasteiger partial charge in [0.2, 0.25) is 0 Å². The van der Waals surface area contributed by atoms with E-state index in [-0.39, 0.29) is 0 Å². The zero-order valence-corrected chi connectivity index (χ0v) is 12.9. The van der Waals surface area contributed by atoms with Crippen molar-refractivity contribution in [2.75, 3.05) is 12.4 Å². The molecule has 0 radical (unpaired) electrons. The minimum Gasteiger partial charge on any atom is -0.493 e. The molecule has 0 atom stereocenters. The lowest BCUT2D eigenvalue weighted by molar-refractivity contribution is 0.201. The van der Waals surface area contributed by atoms with Gasteiger partial charge in [-0.05, 0) is 49.4 Å². The van der Waals surface area contributed by atoms with Crippen molar-refractivity contribution in [3.05, 3.63) is 48.3 Å². The van der Waals surface area contributed by atoms with Crippen LogP contribution in [0, 0.1) is 0 Å². The topological polar surface area (TPSA) is 43.4 Å². The number of hydrogen-bond acceptors (Lipinski definition) is 4. The van der Waals surface area contributed by atoms with Crippen LogP contribution in [0.3, 0.4) is 0 Å². The lowest BCUT2D eigenvalue weighted by Gasteiger charge is -2.17. The van der Waals surface area contributed by atoms with Crippen molar-refractivity contribution in [2.24, 2.45) is 0 Å². The zero-order chi connectivity index (χ0) is 15.2. The molecule has 22 heavy (non-hydrogen) atoms. The van der Waals surface area contributed by atoms with E-state index >= 15 is 0 Å². The summed E-state index contributed by atoms with van der Waals surface area (Å²) in [5.41, 5.74) is 2.18. The first-order chi connectivity index (χ1) is 10.8. The summed E-state index contributed by atoms with van der Waals surface area (Å²) < 4.78 is 11.5. The Hall–Kier alpha value is -2.23. The average Bonchev–Trinajstić information content (AvgIpc) is 3.07. The molecule has 116 valence electrons. The number of ether oxygens (including phenoxy) is 2. The van der Waals surface area contributed by atoms with Crippen molar-refractivity contribution in [2.45, 2.75) is 38.3 Å². The Morgan fingerprint density at radius 1 is 1.18 bits per heavy atom. The van der Waals surface area contributed by atoms with Crippen LogP contribution in [0.2, 0.25) is 0 Å². The molecular weight excluding hydrogens is 276 g/mol. The van der Waals surface area contributed by atoms with Crippen molar-refractivity contribution >= 4 is 5.69 Å². The molecule has 1 aliphatic rings. The first-order valence-electron chi connectivity index (χ1n) is 7.82. The molecule has 0 bridgehead atoms. The van der Waals surface area contributed by atoms with Gasteiger partial charge in [0.1, 0.15) is 0 Å². The summed E-state index contributed by atoms with van der Waals surface area (Å²) in [5.74, 6) is 1.62. The van der Waals surface area contributed by atoms with Crippen LogP contribution in [-0.4, -0.2) is 18.2 Å². The number of aromatic nitrogens is 1. The molecule has 1 aromatic carbocycles. The molecule has 1 fully saturated rings. The van der Waals surface area contributed by atoms with Gasteiger partial charge in [-0.15, -0.1) is 0 Å². The summed E-state index contributed by atoms with van der Waals surface area (Å²) in [6.07, 6.45) is 8.75. The average molecular weight is 298 g/mol. The molecule has 0 unspecified atom stereocenters. The summed E-state index contributed by atoms with van der Waals surface area (Å²) in [4.78, 5) is 4.13. The predicted molar refractivity (Wildman–Crippen MR) is 87.4 cm³/mol. The van der Waals surface area contributed by atoms with Crippen LogP contribution in [0.1, 0.15) is 31.2 Å². The quantitative estimate of drug-likeness (QED) is 0.874. The Bertz CT molecular complexity index is 595. The van der Waals surface area contributed by atoms with Crippen LogP contribution in [-0.2, 0) is 6.54 Å². The van der Waals surface area contributed by atoms with Crippen LogP contribution in [0.15, 0.2) is 42.7 Å². The third-order valence-corrected chi connectivity index (χ3v) is 3.98. The smallest absolute Gasteiger partial charge is 0.163 e. The van der Waals surface area contributed by atoms with Crippen molar-refractivity contribution in [3.63, 3.8) is 0 Å². The maximum absolute atomic E-state index is 6.11. The van der Waals surface area contributed by atoms with Gasteiger partial charge < -0.3 is 14.8 Å². The molecular formula is C18H22N2O2. The van der Waals surface area contributed by atoms with Gasteiger partial charge in [0, 0.05) is 30.7 Å². The van der Waals surface area contributed by atoms with Gasteiger partial charge in [0.05, 0.1) is 13.2 Å². The molecule has 0 spiro atoms. The standard InChI is InChI=1S/C18H22N2O2/c1-21-17-9-8-15(20-13-14-5-4-10-19-12-14)11-18(17)22-16-6-2-3-7-16/h4-5,8-12,16,20H,2-3,6-7,13H2,1H3. The maximum atomic E-state index is 6.11. The summed E-state index contributed by atoms with van der Waals surface area (Å²) in [6.45, 7) is 0.739. The van der Waals surface area contributed by atoms with Gasteiger partial charge >= 0.3 is 0 Å². The highest BCUT2D eigenvalue weighted by Gasteiger charge is 2.18. The van der Waals surface area contributed by atoms with Gasteiger partial charge in [-0.3, -0.25) is 4.98 Å². The number of nitrogens with one attached hydrogen (secondary N) is 1. The second-order valence-corrected chi connectivity index (χ2v) is 5.60. The minimum atomic E-state index is 0.322. The van der Waals surface area contributed by atoms with Crippen LogP contribution in [0.4, 0.5) is 5.69 Å². The number of pyridine rings is 1. The summed E-state index contributed by atoms with van der Waals surface area (Å²) in [5, 5.41) is 3.40. The number of nitrogens with zero attached hydrogens (tertiary/aromatic N) is 1. The van der Waals surface area contributed by atoms with Crippen LogP contribution in [0.25, 0.3) is 0 Å². The molecule has 3 rings (SSSR count). The third kappa shape index (κ3) is 3.70. The summed E-state index contributed by atoms with van der Waals surface area (Å²) >= 11 is 0. The number of hydrogen-bond donors (Lipinski definition) is 1. The fourth-order valence-electron chi connectivity index (χ4n) is 2.77. The van der Waals surface area contributed by atoms with Crippen molar-refractivity contribution in [1.29, 1.82) is 0 Å². The van der Waals surface area contributed by atoms with Gasteiger partial charge in [0.15, 0.2) is 11.5 Å². The molecule has 1 saturated carbocycles. The second-order valence-electron chi connectivity index (χ2n) is 5.60. The van der Waals surface area contributed by atoms with Crippen molar-refractivity contribution < 1.29 is 9.47 Å². The van der Waals surface area contributed by atoms with Crippen LogP contribution < -0.4 is 14.8 Å². The number of anilines is 1. The normalized spacial score (nSPS) is 14.8. The second kappa shape index (κ2) is 7.16. The third-order valence-electron chi connectivity index (χ3n) is 3.98. The highest BCUT2D eigenvalue weighted by molar-refractivity contribution is 5.55. The first-order valence-corrected chi connectivity index (χ1v) is 7.82. The molecule has 4 nitrogen and oxygen atoms in total. The van der Waals surface area contributed by atoms with Crippen LogP contribution in [0.5, 0.6) is 11.5 Å². The lowest BCUT2D eigenvalue weighted by Crippen LogP contribution is -2.12. The monoisotopic (exact) mass is 298 g/mol. The maximum Gasteiger partial charge on any atom is 0.163 e. The molecule has 0 saturated heterocycles. The van der Waals surface area contributed by atoms with Crippen LogP contribution >= 0.6 is 0 Å². The van der Waals surface area contributed by atoms with Crippen molar-refractivity contribution in [1.82, 2.24) is 4.98 Å². The van der Waals surface area contributed by atoms with Gasteiger partial charge in [-0.1, -0.05) is 6.07 Å². The molecule has 2 aromatic rings. The van der Waals surface area contributed by atoms with E-state index in [0.717, 1.165) is 42.1 Å². The predicted octanol–water partition coefficient (Wildman–Crippen LogP) is 4.02. The lowest BCUT2D eigenvalue weighted by atomic mass is 10.2. The number of rotatable bonds is 6. The molecule has 1 heterocycles. The molecule has 0 amide bonds. The Kier molecular flexibility index (Phi) is 4.78. The summed E-state index contributed by atoms with van der Waals surface area (Å²) in [7, 11) is 1.68. The van der Waals surface area contributed by atoms with E-state index in [1.165, 1.54) is 12.8 Å². The van der Waals surface area contributed by atoms with E-state index in [1.54, 1.807) is 13.3 Å². The fourth-order valence-corrected chi connectivity index (χ4v) is 2.77. The van der Waals surface area contributed by atoms with Crippen molar-refractivity contribution in [3.8, 4) is 11.5 Å². The first kappa shape index (κ1) is 14.7. The van der Waals surface area contributed by atoms with Gasteiger partial charge in [-0.2, -0.15) is 0 Å². The molecule has 4 heteroatoms. The Morgan fingerprint density at radius 3 is 2.77 bits per heavy atom. The Morgan fingerprint density at radius 2 is 2.05 bits per heavy atom. The van der Waals surface area contributed by atoms with E-state index in [0.29, 0.717) is 6.10 Å². The largest absolute Gasteiger partial charge is 0.493 e. The van der Waals surface area contributed by atoms with E-state index in [2.05, 4.69) is 16.4 Å². The number of benzene rings is 1. The number of methoxy groups -OCH3 is 1. The van der Waals surface area contributed by atoms with E-state index < -0.39 is 0 Å². The molecule has 0 aliphatic heterocycles. The Balaban J connectivity index is 1.69. The molecule has 1 aromatic heterocycles. The van der Waals surface area contributed by atoms with E-state index in [1.807, 2.05) is 30.5 Å². The minimum absolute atomic E-state index is 0.322. The SMILES string of the molecule is COc1ccc(NCc2cccnc2)cc1OC1CCCC1. The Labute approximate surface area is 131 Å². The molecule has 1 aliphatic carbocycles. The van der Waals surface area contributed by atoms with Gasteiger partial charge in [-0.25, -0.2) is 0 Å². The molecule has 1 N–H and O–H groups in total. The zero-order valence-electron chi connectivity index (χ0n) is 12.9. The highest BCUT2D eigenvalue weighted by Crippen LogP contribution is 2.34. The fraction of sp³-hybridized carbons (Fsp3) is 0.389. The highest BCUT2D eigenvalue weighted by atomic mass is 16.5. The van der Waals surface area contributed by atoms with Gasteiger partial charge in [0.25, 0.3) is 0 Å². The van der Waals surface area contributed by atoms with E-state index in [9.17, 15) is 0 Å².